The van der Waals surface area contributed by atoms with Crippen LogP contribution in [0.2, 0.25) is 0 Å². The van der Waals surface area contributed by atoms with Crippen LogP contribution >= 0.6 is 0 Å². The van der Waals surface area contributed by atoms with E-state index >= 15 is 0 Å². The van der Waals surface area contributed by atoms with E-state index in [-0.39, 0.29) is 11.9 Å². The standard InChI is InChI=1S/C18H20N6O/c1-23(14-9-6-10-15-13(14)11-19-24(15)2)18(25)17-16(20-22-21-17)12-7-4-3-5-8-12/h3-5,7-8,11,14H,6,9-10H2,1-2H3,(H,20,21,22). The van der Waals surface area contributed by atoms with E-state index in [1.165, 1.54) is 5.69 Å². The maximum Gasteiger partial charge on any atom is 0.276 e. The summed E-state index contributed by atoms with van der Waals surface area (Å²) in [5.74, 6) is -0.130. The van der Waals surface area contributed by atoms with Gasteiger partial charge in [0.05, 0.1) is 12.2 Å². The Morgan fingerprint density at radius 1 is 1.28 bits per heavy atom. The summed E-state index contributed by atoms with van der Waals surface area (Å²) in [7, 11) is 3.78. The second-order valence-electron chi connectivity index (χ2n) is 6.38. The second-order valence-corrected chi connectivity index (χ2v) is 6.38. The number of amides is 1. The van der Waals surface area contributed by atoms with E-state index in [0.29, 0.717) is 11.4 Å². The number of fused-ring (bicyclic) bond motifs is 1. The number of hydrogen-bond donors (Lipinski definition) is 1. The quantitative estimate of drug-likeness (QED) is 0.796. The Hall–Kier alpha value is -2.96. The van der Waals surface area contributed by atoms with Crippen LogP contribution in [0.25, 0.3) is 11.3 Å². The molecule has 1 amide bonds. The van der Waals surface area contributed by atoms with Gasteiger partial charge in [0.15, 0.2) is 5.69 Å². The van der Waals surface area contributed by atoms with Crippen molar-refractivity contribution in [2.75, 3.05) is 7.05 Å². The van der Waals surface area contributed by atoms with Gasteiger partial charge in [0, 0.05) is 30.9 Å². The topological polar surface area (TPSA) is 79.7 Å². The minimum absolute atomic E-state index is 0.0188. The average Bonchev–Trinajstić information content (AvgIpc) is 3.28. The van der Waals surface area contributed by atoms with Gasteiger partial charge in [-0.2, -0.15) is 20.5 Å². The van der Waals surface area contributed by atoms with Crippen molar-refractivity contribution in [2.45, 2.75) is 25.3 Å². The molecule has 0 spiro atoms. The number of hydrogen-bond acceptors (Lipinski definition) is 4. The molecule has 0 aliphatic heterocycles. The molecule has 4 rings (SSSR count). The van der Waals surface area contributed by atoms with Crippen LogP contribution < -0.4 is 0 Å². The Morgan fingerprint density at radius 2 is 2.08 bits per heavy atom. The van der Waals surface area contributed by atoms with Crippen molar-refractivity contribution in [3.8, 4) is 11.3 Å². The molecule has 2 heterocycles. The summed E-state index contributed by atoms with van der Waals surface area (Å²) in [6.45, 7) is 0. The van der Waals surface area contributed by atoms with Crippen molar-refractivity contribution < 1.29 is 4.79 Å². The highest BCUT2D eigenvalue weighted by atomic mass is 16.2. The lowest BCUT2D eigenvalue weighted by molar-refractivity contribution is 0.0709. The summed E-state index contributed by atoms with van der Waals surface area (Å²) in [6, 6.07) is 9.65. The number of carbonyl (C=O) groups is 1. The number of aromatic amines is 1. The number of benzene rings is 1. The van der Waals surface area contributed by atoms with Crippen LogP contribution in [0.1, 0.15) is 40.6 Å². The van der Waals surface area contributed by atoms with Crippen LogP contribution in [0.15, 0.2) is 36.5 Å². The van der Waals surface area contributed by atoms with Crippen molar-refractivity contribution >= 4 is 5.91 Å². The van der Waals surface area contributed by atoms with E-state index in [1.54, 1.807) is 4.90 Å². The molecule has 1 atom stereocenters. The lowest BCUT2D eigenvalue weighted by atomic mass is 9.91. The lowest BCUT2D eigenvalue weighted by Crippen LogP contribution is -2.33. The van der Waals surface area contributed by atoms with Crippen molar-refractivity contribution in [1.29, 1.82) is 0 Å². The summed E-state index contributed by atoms with van der Waals surface area (Å²) in [5.41, 5.74) is 4.15. The van der Waals surface area contributed by atoms with E-state index < -0.39 is 0 Å². The smallest absolute Gasteiger partial charge is 0.276 e. The molecular weight excluding hydrogens is 316 g/mol. The molecule has 1 N–H and O–H groups in total. The average molecular weight is 336 g/mol. The predicted octanol–water partition coefficient (Wildman–Crippen LogP) is 2.35. The zero-order chi connectivity index (χ0) is 17.4. The zero-order valence-corrected chi connectivity index (χ0v) is 14.3. The third-order valence-electron chi connectivity index (χ3n) is 4.93. The Labute approximate surface area is 145 Å². The van der Waals surface area contributed by atoms with E-state index in [9.17, 15) is 4.79 Å². The van der Waals surface area contributed by atoms with Gasteiger partial charge in [-0.3, -0.25) is 9.48 Å². The van der Waals surface area contributed by atoms with Crippen LogP contribution in [0.5, 0.6) is 0 Å². The predicted molar refractivity (Wildman–Crippen MR) is 92.8 cm³/mol. The number of H-pyrrole nitrogens is 1. The first-order chi connectivity index (χ1) is 12.2. The van der Waals surface area contributed by atoms with E-state index in [2.05, 4.69) is 20.5 Å². The maximum atomic E-state index is 13.1. The maximum absolute atomic E-state index is 13.1. The van der Waals surface area contributed by atoms with Gasteiger partial charge < -0.3 is 4.90 Å². The van der Waals surface area contributed by atoms with E-state index in [4.69, 9.17) is 0 Å². The first-order valence-electron chi connectivity index (χ1n) is 8.41. The van der Waals surface area contributed by atoms with Gasteiger partial charge in [0.2, 0.25) is 0 Å². The fourth-order valence-electron chi connectivity index (χ4n) is 3.57. The zero-order valence-electron chi connectivity index (χ0n) is 14.3. The van der Waals surface area contributed by atoms with Crippen molar-refractivity contribution in [3.63, 3.8) is 0 Å². The highest BCUT2D eigenvalue weighted by Gasteiger charge is 2.31. The molecule has 0 bridgehead atoms. The largest absolute Gasteiger partial charge is 0.333 e. The minimum atomic E-state index is -0.130. The number of rotatable bonds is 3. The molecule has 0 fully saturated rings. The highest BCUT2D eigenvalue weighted by molar-refractivity contribution is 5.98. The summed E-state index contributed by atoms with van der Waals surface area (Å²) in [5, 5.41) is 15.3. The monoisotopic (exact) mass is 336 g/mol. The molecule has 1 unspecified atom stereocenters. The van der Waals surface area contributed by atoms with Crippen LogP contribution in [-0.4, -0.2) is 43.0 Å². The normalized spacial score (nSPS) is 16.5. The molecule has 0 radical (unpaired) electrons. The molecule has 7 heteroatoms. The molecule has 0 saturated heterocycles. The molecule has 7 nitrogen and oxygen atoms in total. The van der Waals surface area contributed by atoms with Crippen molar-refractivity contribution in [2.24, 2.45) is 7.05 Å². The fourth-order valence-corrected chi connectivity index (χ4v) is 3.57. The number of nitrogens with zero attached hydrogens (tertiary/aromatic N) is 5. The number of carbonyl (C=O) groups excluding carboxylic acids is 1. The Kier molecular flexibility index (Phi) is 3.83. The number of aryl methyl sites for hydroxylation is 1. The molecule has 3 aromatic rings. The minimum Gasteiger partial charge on any atom is -0.333 e. The van der Waals surface area contributed by atoms with Gasteiger partial charge in [0.1, 0.15) is 5.69 Å². The molecule has 25 heavy (non-hydrogen) atoms. The molecule has 128 valence electrons. The molecule has 1 aliphatic rings. The van der Waals surface area contributed by atoms with Crippen LogP contribution in [-0.2, 0) is 13.5 Å². The van der Waals surface area contributed by atoms with Gasteiger partial charge in [-0.05, 0) is 19.3 Å². The first kappa shape index (κ1) is 15.6. The highest BCUT2D eigenvalue weighted by Crippen LogP contribution is 2.34. The van der Waals surface area contributed by atoms with Crippen LogP contribution in [0, 0.1) is 0 Å². The van der Waals surface area contributed by atoms with Crippen molar-refractivity contribution in [3.05, 3.63) is 53.5 Å². The lowest BCUT2D eigenvalue weighted by Gasteiger charge is -2.31. The molecular formula is C18H20N6O. The summed E-state index contributed by atoms with van der Waals surface area (Å²) in [6.07, 6.45) is 4.85. The molecule has 2 aromatic heterocycles. The van der Waals surface area contributed by atoms with Gasteiger partial charge in [-0.1, -0.05) is 30.3 Å². The first-order valence-corrected chi connectivity index (χ1v) is 8.41. The van der Waals surface area contributed by atoms with Gasteiger partial charge in [-0.25, -0.2) is 0 Å². The number of nitrogens with one attached hydrogen (secondary N) is 1. The fraction of sp³-hybridized carbons (Fsp3) is 0.333. The van der Waals surface area contributed by atoms with Crippen LogP contribution in [0.4, 0.5) is 0 Å². The molecule has 0 saturated carbocycles. The number of aromatic nitrogens is 5. The third kappa shape index (κ3) is 2.61. The molecule has 1 aromatic carbocycles. The van der Waals surface area contributed by atoms with Gasteiger partial charge >= 0.3 is 0 Å². The Morgan fingerprint density at radius 3 is 2.88 bits per heavy atom. The van der Waals surface area contributed by atoms with Gasteiger partial charge in [-0.15, -0.1) is 0 Å². The Bertz CT molecular complexity index is 897. The summed E-state index contributed by atoms with van der Waals surface area (Å²) in [4.78, 5) is 14.9. The second kappa shape index (κ2) is 6.16. The van der Waals surface area contributed by atoms with E-state index in [0.717, 1.165) is 30.4 Å². The van der Waals surface area contributed by atoms with Crippen molar-refractivity contribution in [1.82, 2.24) is 30.1 Å². The SMILES string of the molecule is CN(C(=O)c1n[nH]nc1-c1ccccc1)C1CCCc2c1cnn2C. The summed E-state index contributed by atoms with van der Waals surface area (Å²) < 4.78 is 1.91. The third-order valence-corrected chi connectivity index (χ3v) is 4.93. The van der Waals surface area contributed by atoms with Crippen LogP contribution in [0.3, 0.4) is 0 Å². The Balaban J connectivity index is 1.66. The molecule has 1 aliphatic carbocycles. The van der Waals surface area contributed by atoms with E-state index in [1.807, 2.05) is 55.3 Å². The van der Waals surface area contributed by atoms with Gasteiger partial charge in [0.25, 0.3) is 5.91 Å². The summed E-state index contributed by atoms with van der Waals surface area (Å²) >= 11 is 0.